The zero-order valence-corrected chi connectivity index (χ0v) is 18.1. The summed E-state index contributed by atoms with van der Waals surface area (Å²) < 4.78 is 58.3. The lowest BCUT2D eigenvalue weighted by atomic mass is 9.83. The number of fused-ring (bicyclic) bond motifs is 1. The van der Waals surface area contributed by atoms with Gasteiger partial charge in [0.1, 0.15) is 12.5 Å². The molecule has 1 aromatic heterocycles. The molecule has 2 unspecified atom stereocenters. The van der Waals surface area contributed by atoms with Gasteiger partial charge in [-0.3, -0.25) is 4.98 Å². The van der Waals surface area contributed by atoms with Crippen LogP contribution in [0.5, 0.6) is 0 Å². The molecule has 0 bridgehead atoms. The first-order valence-corrected chi connectivity index (χ1v) is 10.2. The Hall–Kier alpha value is -2.38. The first-order chi connectivity index (χ1) is 14.5. The van der Waals surface area contributed by atoms with E-state index in [4.69, 9.17) is 11.6 Å². The number of rotatable bonds is 7. The molecule has 2 N–H and O–H groups in total. The van der Waals surface area contributed by atoms with Crippen LogP contribution in [-0.2, 0) is 6.42 Å². The maximum absolute atomic E-state index is 15.3. The van der Waals surface area contributed by atoms with E-state index in [0.717, 1.165) is 5.69 Å². The minimum Gasteiger partial charge on any atom is -0.379 e. The normalized spacial score (nSPS) is 15.0. The highest BCUT2D eigenvalue weighted by Crippen LogP contribution is 2.43. The van der Waals surface area contributed by atoms with Gasteiger partial charge in [-0.1, -0.05) is 30.7 Å². The van der Waals surface area contributed by atoms with Gasteiger partial charge in [0.05, 0.1) is 11.6 Å². The summed E-state index contributed by atoms with van der Waals surface area (Å²) in [7, 11) is 0. The zero-order valence-electron chi connectivity index (χ0n) is 17.3. The van der Waals surface area contributed by atoms with E-state index in [1.165, 1.54) is 12.1 Å². The summed E-state index contributed by atoms with van der Waals surface area (Å²) >= 11 is 6.04. The fourth-order valence-electron chi connectivity index (χ4n) is 3.60. The molecule has 0 amide bonds. The quantitative estimate of drug-likeness (QED) is 0.405. The van der Waals surface area contributed by atoms with Crippen LogP contribution >= 0.6 is 11.6 Å². The average Bonchev–Trinajstić information content (AvgIpc) is 2.71. The van der Waals surface area contributed by atoms with Crippen LogP contribution in [0.2, 0.25) is 5.02 Å². The lowest BCUT2D eigenvalue weighted by Crippen LogP contribution is -2.55. The van der Waals surface area contributed by atoms with Crippen LogP contribution in [0.1, 0.15) is 36.7 Å². The number of anilines is 1. The third-order valence-corrected chi connectivity index (χ3v) is 5.85. The predicted molar refractivity (Wildman–Crippen MR) is 115 cm³/mol. The molecule has 1 heterocycles. The van der Waals surface area contributed by atoms with Crippen molar-refractivity contribution in [2.45, 2.75) is 44.8 Å². The molecule has 0 radical (unpaired) electrons. The van der Waals surface area contributed by atoms with Crippen molar-refractivity contribution in [1.29, 1.82) is 0 Å². The van der Waals surface area contributed by atoms with Crippen molar-refractivity contribution in [1.82, 2.24) is 4.98 Å². The van der Waals surface area contributed by atoms with Crippen molar-refractivity contribution in [2.75, 3.05) is 12.0 Å². The first-order valence-electron chi connectivity index (χ1n) is 9.79. The van der Waals surface area contributed by atoms with Gasteiger partial charge in [0, 0.05) is 39.8 Å². The molecule has 0 aliphatic carbocycles. The minimum absolute atomic E-state index is 0.0989. The topological polar surface area (TPSA) is 45.2 Å². The van der Waals surface area contributed by atoms with E-state index in [0.29, 0.717) is 23.5 Å². The summed E-state index contributed by atoms with van der Waals surface area (Å²) in [5.41, 5.74) is -1.81. The molecule has 0 aliphatic rings. The highest BCUT2D eigenvalue weighted by atomic mass is 35.5. The van der Waals surface area contributed by atoms with E-state index < -0.39 is 30.1 Å². The Morgan fingerprint density at radius 3 is 2.48 bits per heavy atom. The van der Waals surface area contributed by atoms with Crippen molar-refractivity contribution in [3.8, 4) is 0 Å². The lowest BCUT2D eigenvalue weighted by Gasteiger charge is -2.39. The van der Waals surface area contributed by atoms with E-state index >= 15 is 4.39 Å². The van der Waals surface area contributed by atoms with E-state index in [-0.39, 0.29) is 22.6 Å². The Kier molecular flexibility index (Phi) is 6.48. The van der Waals surface area contributed by atoms with Crippen LogP contribution in [0.4, 0.5) is 23.2 Å². The van der Waals surface area contributed by atoms with Gasteiger partial charge in [-0.15, -0.1) is 0 Å². The van der Waals surface area contributed by atoms with Crippen LogP contribution in [0.25, 0.3) is 10.9 Å². The number of alkyl halides is 3. The Balaban J connectivity index is 2.24. The summed E-state index contributed by atoms with van der Waals surface area (Å²) in [6, 6.07) is 9.14. The third-order valence-electron chi connectivity index (χ3n) is 5.49. The van der Waals surface area contributed by atoms with Crippen LogP contribution in [0.15, 0.2) is 42.5 Å². The van der Waals surface area contributed by atoms with Crippen molar-refractivity contribution < 1.29 is 22.7 Å². The Bertz CT molecular complexity index is 1100. The fraction of sp³-hybridized carbons (Fsp3) is 0.348. The number of aromatic nitrogens is 1. The SMILES string of the molecule is CCc1c(Cl)ccc(C(Nc2cccc3nc(C)ccc23)C(O)(CF)C(C)(F)F)c1F. The second-order valence-corrected chi connectivity index (χ2v) is 8.04. The molecule has 3 rings (SSSR count). The van der Waals surface area contributed by atoms with Crippen LogP contribution in [0, 0.1) is 12.7 Å². The second kappa shape index (κ2) is 8.63. The Morgan fingerprint density at radius 2 is 1.87 bits per heavy atom. The van der Waals surface area contributed by atoms with Crippen LogP contribution < -0.4 is 5.32 Å². The first kappa shape index (κ1) is 23.3. The number of aryl methyl sites for hydroxylation is 1. The molecule has 31 heavy (non-hydrogen) atoms. The summed E-state index contributed by atoms with van der Waals surface area (Å²) in [6.07, 6.45) is 0.194. The largest absolute Gasteiger partial charge is 0.379 e. The van der Waals surface area contributed by atoms with Gasteiger partial charge in [-0.05, 0) is 43.7 Å². The molecule has 2 aromatic carbocycles. The number of aliphatic hydroxyl groups is 1. The molecule has 166 valence electrons. The molecule has 2 atom stereocenters. The van der Waals surface area contributed by atoms with Gasteiger partial charge in [-0.25, -0.2) is 17.6 Å². The second-order valence-electron chi connectivity index (χ2n) is 7.63. The molecular formula is C23H23ClF4N2O. The predicted octanol–water partition coefficient (Wildman–Crippen LogP) is 6.41. The number of nitrogens with one attached hydrogen (secondary N) is 1. The van der Waals surface area contributed by atoms with E-state index in [9.17, 15) is 18.3 Å². The summed E-state index contributed by atoms with van der Waals surface area (Å²) in [5.74, 6) is -4.75. The van der Waals surface area contributed by atoms with Gasteiger partial charge < -0.3 is 10.4 Å². The summed E-state index contributed by atoms with van der Waals surface area (Å²) in [5, 5.41) is 14.3. The molecule has 3 nitrogen and oxygen atoms in total. The number of nitrogens with zero attached hydrogens (tertiary/aromatic N) is 1. The number of benzene rings is 2. The number of hydrogen-bond acceptors (Lipinski definition) is 3. The molecule has 0 aliphatic heterocycles. The van der Waals surface area contributed by atoms with Gasteiger partial charge in [-0.2, -0.15) is 0 Å². The van der Waals surface area contributed by atoms with E-state index in [2.05, 4.69) is 10.3 Å². The molecule has 8 heteroatoms. The van der Waals surface area contributed by atoms with Crippen LogP contribution in [0.3, 0.4) is 0 Å². The minimum atomic E-state index is -3.89. The Labute approximate surface area is 183 Å². The highest BCUT2D eigenvalue weighted by Gasteiger charge is 2.56. The maximum Gasteiger partial charge on any atom is 0.278 e. The lowest BCUT2D eigenvalue weighted by molar-refractivity contribution is -0.186. The molecule has 0 saturated carbocycles. The summed E-state index contributed by atoms with van der Waals surface area (Å²) in [6.45, 7) is 2.06. The van der Waals surface area contributed by atoms with Gasteiger partial charge >= 0.3 is 0 Å². The van der Waals surface area contributed by atoms with Crippen molar-refractivity contribution >= 4 is 28.2 Å². The fourth-order valence-corrected chi connectivity index (χ4v) is 3.88. The molecule has 0 saturated heterocycles. The maximum atomic E-state index is 15.3. The number of halogens is 5. The zero-order chi connectivity index (χ0) is 23.0. The van der Waals surface area contributed by atoms with E-state index in [1.54, 1.807) is 44.2 Å². The van der Waals surface area contributed by atoms with Gasteiger partial charge in [0.25, 0.3) is 5.92 Å². The average molecular weight is 455 g/mol. The van der Waals surface area contributed by atoms with E-state index in [1.807, 2.05) is 0 Å². The number of pyridine rings is 1. The standard InChI is InChI=1S/C23H23ClF4N2O/c1-4-14-17(24)11-10-16(20(14)26)21(23(31,12-25)22(3,27)28)30-19-7-5-6-18-15(19)9-8-13(2)29-18/h5-11,21,30-31H,4,12H2,1-3H3. The monoisotopic (exact) mass is 454 g/mol. The van der Waals surface area contributed by atoms with Crippen molar-refractivity contribution in [3.05, 3.63) is 70.1 Å². The molecule has 0 spiro atoms. The van der Waals surface area contributed by atoms with Gasteiger partial charge in [0.2, 0.25) is 0 Å². The molecule has 0 fully saturated rings. The molecule has 3 aromatic rings. The van der Waals surface area contributed by atoms with Crippen molar-refractivity contribution in [3.63, 3.8) is 0 Å². The third kappa shape index (κ3) is 4.21. The smallest absolute Gasteiger partial charge is 0.278 e. The van der Waals surface area contributed by atoms with Crippen molar-refractivity contribution in [2.24, 2.45) is 0 Å². The highest BCUT2D eigenvalue weighted by molar-refractivity contribution is 6.31. The van der Waals surface area contributed by atoms with Crippen LogP contribution in [-0.4, -0.2) is 28.3 Å². The molecular weight excluding hydrogens is 432 g/mol. The Morgan fingerprint density at radius 1 is 1.16 bits per heavy atom. The summed E-state index contributed by atoms with van der Waals surface area (Å²) in [4.78, 5) is 4.39. The van der Waals surface area contributed by atoms with Gasteiger partial charge in [0.15, 0.2) is 5.60 Å². The number of hydrogen-bond donors (Lipinski definition) is 2.